The van der Waals surface area contributed by atoms with Crippen molar-refractivity contribution in [1.82, 2.24) is 9.97 Å². The number of nitrogens with one attached hydrogen (secondary N) is 1. The van der Waals surface area contributed by atoms with Gasteiger partial charge in [0.1, 0.15) is 12.4 Å². The van der Waals surface area contributed by atoms with Crippen molar-refractivity contribution in [2.24, 2.45) is 0 Å². The molecule has 2 rings (SSSR count). The van der Waals surface area contributed by atoms with Crippen LogP contribution < -0.4 is 15.8 Å². The van der Waals surface area contributed by atoms with Gasteiger partial charge in [-0.05, 0) is 12.1 Å². The van der Waals surface area contributed by atoms with Crippen LogP contribution in [0.25, 0.3) is 0 Å². The zero-order chi connectivity index (χ0) is 12.8. The largest absolute Gasteiger partial charge is 0.492 e. The van der Waals surface area contributed by atoms with Crippen molar-refractivity contribution in [1.29, 1.82) is 0 Å². The van der Waals surface area contributed by atoms with Crippen molar-refractivity contribution < 1.29 is 9.13 Å². The fourth-order valence-electron chi connectivity index (χ4n) is 1.34. The Balaban J connectivity index is 1.74. The third-order valence-corrected chi connectivity index (χ3v) is 2.13. The predicted molar refractivity (Wildman–Crippen MR) is 66.8 cm³/mol. The number of anilines is 2. The molecular weight excluding hydrogens is 235 g/mol. The summed E-state index contributed by atoms with van der Waals surface area (Å²) >= 11 is 0. The van der Waals surface area contributed by atoms with Crippen molar-refractivity contribution in [3.8, 4) is 5.75 Å². The maximum absolute atomic E-state index is 12.5. The molecule has 0 bridgehead atoms. The lowest BCUT2D eigenvalue weighted by molar-refractivity contribution is 0.333. The van der Waals surface area contributed by atoms with Gasteiger partial charge in [0, 0.05) is 11.8 Å². The van der Waals surface area contributed by atoms with Crippen molar-refractivity contribution in [2.75, 3.05) is 24.2 Å². The molecular formula is C12H13FN4O. The average Bonchev–Trinajstić information content (AvgIpc) is 2.37. The Morgan fingerprint density at radius 2 is 2.06 bits per heavy atom. The van der Waals surface area contributed by atoms with Crippen LogP contribution >= 0.6 is 0 Å². The van der Waals surface area contributed by atoms with Gasteiger partial charge >= 0.3 is 0 Å². The third-order valence-electron chi connectivity index (χ3n) is 2.13. The number of nitrogens with two attached hydrogens (primary N) is 1. The van der Waals surface area contributed by atoms with E-state index in [4.69, 9.17) is 10.5 Å². The highest BCUT2D eigenvalue weighted by molar-refractivity contribution is 5.43. The second-order valence-corrected chi connectivity index (χ2v) is 3.57. The number of ether oxygens (including phenoxy) is 1. The number of rotatable bonds is 5. The number of nitrogen functional groups attached to an aromatic ring is 1. The summed E-state index contributed by atoms with van der Waals surface area (Å²) in [5, 5.41) is 2.91. The van der Waals surface area contributed by atoms with Crippen LogP contribution in [0.5, 0.6) is 5.75 Å². The summed E-state index contributed by atoms with van der Waals surface area (Å²) in [7, 11) is 0. The maximum Gasteiger partial charge on any atom is 0.222 e. The minimum Gasteiger partial charge on any atom is -0.492 e. The molecule has 1 aromatic heterocycles. The number of hydrogen-bond acceptors (Lipinski definition) is 5. The van der Waals surface area contributed by atoms with Gasteiger partial charge in [-0.15, -0.1) is 0 Å². The van der Waals surface area contributed by atoms with Crippen molar-refractivity contribution in [2.45, 2.75) is 0 Å². The maximum atomic E-state index is 12.5. The topological polar surface area (TPSA) is 73.1 Å². The van der Waals surface area contributed by atoms with Crippen molar-refractivity contribution in [3.63, 3.8) is 0 Å². The predicted octanol–water partition coefficient (Wildman–Crippen LogP) is 1.69. The lowest BCUT2D eigenvalue weighted by Crippen LogP contribution is -2.13. The molecule has 0 amide bonds. The highest BCUT2D eigenvalue weighted by atomic mass is 19.1. The van der Waals surface area contributed by atoms with E-state index >= 15 is 0 Å². The Hall–Kier alpha value is -2.37. The highest BCUT2D eigenvalue weighted by Gasteiger charge is 1.97. The fourth-order valence-corrected chi connectivity index (χ4v) is 1.34. The van der Waals surface area contributed by atoms with Crippen LogP contribution in [0.4, 0.5) is 16.0 Å². The van der Waals surface area contributed by atoms with Gasteiger partial charge in [0.05, 0.1) is 18.9 Å². The molecule has 0 radical (unpaired) electrons. The van der Waals surface area contributed by atoms with E-state index in [0.29, 0.717) is 30.5 Å². The van der Waals surface area contributed by atoms with E-state index in [1.807, 2.05) is 12.1 Å². The summed E-state index contributed by atoms with van der Waals surface area (Å²) < 4.78 is 18.0. The molecule has 0 saturated heterocycles. The van der Waals surface area contributed by atoms with Crippen LogP contribution in [0.3, 0.4) is 0 Å². The van der Waals surface area contributed by atoms with E-state index in [1.54, 1.807) is 12.1 Å². The quantitative estimate of drug-likeness (QED) is 0.622. The van der Waals surface area contributed by atoms with Gasteiger partial charge in [-0.25, -0.2) is 14.4 Å². The van der Waals surface area contributed by atoms with Crippen LogP contribution in [-0.2, 0) is 0 Å². The van der Waals surface area contributed by atoms with Gasteiger partial charge in [0.15, 0.2) is 5.82 Å². The Labute approximate surface area is 104 Å². The summed E-state index contributed by atoms with van der Waals surface area (Å²) in [5.41, 5.74) is 6.27. The molecule has 0 aliphatic rings. The summed E-state index contributed by atoms with van der Waals surface area (Å²) in [4.78, 5) is 7.53. The molecule has 0 unspecified atom stereocenters. The van der Waals surface area contributed by atoms with Gasteiger partial charge < -0.3 is 15.8 Å². The molecule has 6 heteroatoms. The summed E-state index contributed by atoms with van der Waals surface area (Å²) in [6.07, 6.45) is 2.21. The van der Waals surface area contributed by atoms with Crippen LogP contribution in [-0.4, -0.2) is 23.1 Å². The average molecular weight is 248 g/mol. The van der Waals surface area contributed by atoms with E-state index in [-0.39, 0.29) is 0 Å². The zero-order valence-corrected chi connectivity index (χ0v) is 9.64. The Morgan fingerprint density at radius 1 is 1.28 bits per heavy atom. The lowest BCUT2D eigenvalue weighted by Gasteiger charge is -2.07. The van der Waals surface area contributed by atoms with E-state index < -0.39 is 5.82 Å². The fraction of sp³-hybridized carbons (Fsp3) is 0.167. The standard InChI is InChI=1S/C12H13FN4O/c13-9-7-16-12(17-8-9)15-4-5-18-11-3-1-2-10(14)6-11/h1-3,6-8H,4-5,14H2,(H,15,16,17). The second kappa shape index (κ2) is 5.81. The molecule has 18 heavy (non-hydrogen) atoms. The number of hydrogen-bond donors (Lipinski definition) is 2. The van der Waals surface area contributed by atoms with Gasteiger partial charge in [0.2, 0.25) is 5.95 Å². The van der Waals surface area contributed by atoms with E-state index in [1.165, 1.54) is 0 Å². The SMILES string of the molecule is Nc1cccc(OCCNc2ncc(F)cn2)c1. The normalized spacial score (nSPS) is 10.1. The van der Waals surface area contributed by atoms with Crippen molar-refractivity contribution >= 4 is 11.6 Å². The second-order valence-electron chi connectivity index (χ2n) is 3.57. The van der Waals surface area contributed by atoms with E-state index in [2.05, 4.69) is 15.3 Å². The smallest absolute Gasteiger partial charge is 0.222 e. The first-order chi connectivity index (χ1) is 8.74. The molecule has 5 nitrogen and oxygen atoms in total. The van der Waals surface area contributed by atoms with Crippen molar-refractivity contribution in [3.05, 3.63) is 42.5 Å². The summed E-state index contributed by atoms with van der Waals surface area (Å²) in [6, 6.07) is 7.18. The van der Waals surface area contributed by atoms with Gasteiger partial charge in [0.25, 0.3) is 0 Å². The molecule has 0 fully saturated rings. The van der Waals surface area contributed by atoms with Gasteiger partial charge in [-0.3, -0.25) is 0 Å². The van der Waals surface area contributed by atoms with Gasteiger partial charge in [-0.1, -0.05) is 6.07 Å². The molecule has 2 aromatic rings. The zero-order valence-electron chi connectivity index (χ0n) is 9.64. The minimum absolute atomic E-state index is 0.368. The van der Waals surface area contributed by atoms with E-state index in [0.717, 1.165) is 12.4 Å². The molecule has 0 saturated carbocycles. The van der Waals surface area contributed by atoms with Crippen LogP contribution in [0, 0.1) is 5.82 Å². The molecule has 0 aliphatic heterocycles. The first kappa shape index (κ1) is 12.1. The minimum atomic E-state index is -0.462. The van der Waals surface area contributed by atoms with Crippen LogP contribution in [0.15, 0.2) is 36.7 Å². The molecule has 0 aliphatic carbocycles. The monoisotopic (exact) mass is 248 g/mol. The highest BCUT2D eigenvalue weighted by Crippen LogP contribution is 2.13. The van der Waals surface area contributed by atoms with Crippen LogP contribution in [0.1, 0.15) is 0 Å². The lowest BCUT2D eigenvalue weighted by atomic mass is 10.3. The first-order valence-electron chi connectivity index (χ1n) is 5.44. The molecule has 0 atom stereocenters. The number of benzene rings is 1. The summed E-state index contributed by atoms with van der Waals surface area (Å²) in [6.45, 7) is 0.949. The third kappa shape index (κ3) is 3.58. The van der Waals surface area contributed by atoms with Crippen LogP contribution in [0.2, 0.25) is 0 Å². The first-order valence-corrected chi connectivity index (χ1v) is 5.44. The molecule has 3 N–H and O–H groups in total. The number of halogens is 1. The van der Waals surface area contributed by atoms with Gasteiger partial charge in [-0.2, -0.15) is 0 Å². The number of aromatic nitrogens is 2. The molecule has 1 heterocycles. The Bertz CT molecular complexity index is 504. The Morgan fingerprint density at radius 3 is 2.78 bits per heavy atom. The molecule has 94 valence electrons. The molecule has 0 spiro atoms. The molecule has 1 aromatic carbocycles. The summed E-state index contributed by atoms with van der Waals surface area (Å²) in [5.74, 6) is 0.612. The van der Waals surface area contributed by atoms with E-state index in [9.17, 15) is 4.39 Å². The number of nitrogens with zero attached hydrogens (tertiary/aromatic N) is 2. The Kier molecular flexibility index (Phi) is 3.90.